The van der Waals surface area contributed by atoms with Crippen LogP contribution in [-0.2, 0) is 4.79 Å². The van der Waals surface area contributed by atoms with Gasteiger partial charge in [-0.15, -0.1) is 0 Å². The second kappa shape index (κ2) is 8.20. The van der Waals surface area contributed by atoms with Crippen LogP contribution in [0.5, 0.6) is 5.75 Å². The third-order valence-corrected chi connectivity index (χ3v) is 5.09. The van der Waals surface area contributed by atoms with Crippen molar-refractivity contribution in [3.05, 3.63) is 66.7 Å². The van der Waals surface area contributed by atoms with Gasteiger partial charge in [-0.2, -0.15) is 0 Å². The molecule has 0 saturated heterocycles. The average Bonchev–Trinajstić information content (AvgIpc) is 2.63. The Bertz CT molecular complexity index is 1060. The lowest BCUT2D eigenvalue weighted by Crippen LogP contribution is -2.20. The molecule has 3 rings (SSSR count). The fourth-order valence-electron chi connectivity index (χ4n) is 2.33. The zero-order valence-electron chi connectivity index (χ0n) is 13.4. The highest BCUT2D eigenvalue weighted by Crippen LogP contribution is 2.37. The number of nitro groups is 1. The molecule has 0 saturated carbocycles. The van der Waals surface area contributed by atoms with E-state index in [1.807, 2.05) is 12.1 Å². The molecule has 2 aromatic carbocycles. The van der Waals surface area contributed by atoms with Crippen molar-refractivity contribution in [1.82, 2.24) is 4.98 Å². The van der Waals surface area contributed by atoms with Crippen molar-refractivity contribution in [3.8, 4) is 5.75 Å². The molecular weight excluding hydrogens is 505 g/mol. The van der Waals surface area contributed by atoms with Crippen LogP contribution >= 0.6 is 43.5 Å². The smallest absolute Gasteiger partial charge is 0.271 e. The molecule has 0 fully saturated rings. The van der Waals surface area contributed by atoms with Crippen molar-refractivity contribution < 1.29 is 14.5 Å². The van der Waals surface area contributed by atoms with Crippen molar-refractivity contribution in [2.75, 3.05) is 11.9 Å². The summed E-state index contributed by atoms with van der Waals surface area (Å²) in [6, 6.07) is 9.28. The molecule has 1 aromatic heterocycles. The molecule has 0 spiro atoms. The normalized spacial score (nSPS) is 10.6. The van der Waals surface area contributed by atoms with Gasteiger partial charge >= 0.3 is 0 Å². The number of pyridine rings is 1. The number of hydrogen-bond donors (Lipinski definition) is 1. The summed E-state index contributed by atoms with van der Waals surface area (Å²) < 4.78 is 7.13. The van der Waals surface area contributed by atoms with Gasteiger partial charge < -0.3 is 10.1 Å². The van der Waals surface area contributed by atoms with E-state index in [9.17, 15) is 14.9 Å². The third-order valence-electron chi connectivity index (χ3n) is 3.54. The number of aromatic nitrogens is 1. The fraction of sp³-hybridized carbons (Fsp3) is 0.0588. The van der Waals surface area contributed by atoms with E-state index in [1.165, 1.54) is 18.2 Å². The van der Waals surface area contributed by atoms with Gasteiger partial charge in [0.25, 0.3) is 11.6 Å². The number of amides is 1. The van der Waals surface area contributed by atoms with Crippen LogP contribution in [0.3, 0.4) is 0 Å². The molecule has 0 aliphatic carbocycles. The molecule has 27 heavy (non-hydrogen) atoms. The largest absolute Gasteiger partial charge is 0.480 e. The summed E-state index contributed by atoms with van der Waals surface area (Å²) in [5.41, 5.74) is 0.694. The maximum absolute atomic E-state index is 12.2. The van der Waals surface area contributed by atoms with E-state index in [4.69, 9.17) is 16.3 Å². The molecule has 138 valence electrons. The Hall–Kier alpha value is -2.23. The second-order valence-electron chi connectivity index (χ2n) is 5.33. The average molecular weight is 516 g/mol. The number of fused-ring (bicyclic) bond motifs is 1. The summed E-state index contributed by atoms with van der Waals surface area (Å²) in [4.78, 5) is 26.7. The number of nitrogens with zero attached hydrogens (tertiary/aromatic N) is 2. The zero-order valence-corrected chi connectivity index (χ0v) is 17.3. The van der Waals surface area contributed by atoms with E-state index >= 15 is 0 Å². The minimum absolute atomic E-state index is 0.0643. The van der Waals surface area contributed by atoms with Crippen LogP contribution in [0.4, 0.5) is 11.4 Å². The Morgan fingerprint density at radius 1 is 1.26 bits per heavy atom. The van der Waals surface area contributed by atoms with Gasteiger partial charge in [-0.25, -0.2) is 0 Å². The van der Waals surface area contributed by atoms with Gasteiger partial charge in [0, 0.05) is 28.2 Å². The monoisotopic (exact) mass is 513 g/mol. The van der Waals surface area contributed by atoms with E-state index in [-0.39, 0.29) is 23.0 Å². The van der Waals surface area contributed by atoms with Gasteiger partial charge in [0.2, 0.25) is 0 Å². The number of anilines is 1. The first-order chi connectivity index (χ1) is 12.9. The Morgan fingerprint density at radius 3 is 2.74 bits per heavy atom. The summed E-state index contributed by atoms with van der Waals surface area (Å²) in [5.74, 6) is -0.0385. The summed E-state index contributed by atoms with van der Waals surface area (Å²) in [6.45, 7) is -0.292. The van der Waals surface area contributed by atoms with E-state index in [2.05, 4.69) is 42.2 Å². The molecule has 0 radical (unpaired) electrons. The number of rotatable bonds is 5. The first kappa shape index (κ1) is 19.5. The summed E-state index contributed by atoms with van der Waals surface area (Å²) in [7, 11) is 0. The Morgan fingerprint density at radius 2 is 2.04 bits per heavy atom. The molecule has 0 unspecified atom stereocenters. The molecule has 0 aliphatic rings. The Kier molecular flexibility index (Phi) is 5.93. The van der Waals surface area contributed by atoms with E-state index in [0.717, 1.165) is 9.86 Å². The second-order valence-corrected chi connectivity index (χ2v) is 7.44. The fourth-order valence-corrected chi connectivity index (χ4v) is 3.94. The lowest BCUT2D eigenvalue weighted by atomic mass is 10.2. The van der Waals surface area contributed by atoms with E-state index in [0.29, 0.717) is 15.7 Å². The number of ether oxygens (including phenoxy) is 1. The number of benzene rings is 2. The topological polar surface area (TPSA) is 94.4 Å². The van der Waals surface area contributed by atoms with Crippen LogP contribution < -0.4 is 10.1 Å². The minimum atomic E-state index is -0.566. The maximum atomic E-state index is 12.2. The molecule has 3 aromatic rings. The standard InChI is InChI=1S/C17H10Br2ClN3O4/c18-11-7-12(19)17(16-10(11)2-1-5-21-16)27-8-15(24)22-14-4-3-9(23(25)26)6-13(14)20/h1-7H,8H2,(H,22,24). The highest BCUT2D eigenvalue weighted by molar-refractivity contribution is 9.11. The van der Waals surface area contributed by atoms with Gasteiger partial charge in [-0.05, 0) is 34.1 Å². The third kappa shape index (κ3) is 4.37. The van der Waals surface area contributed by atoms with E-state index in [1.54, 1.807) is 12.3 Å². The number of carbonyl (C=O) groups excluding carboxylic acids is 1. The van der Waals surface area contributed by atoms with Gasteiger partial charge in [0.05, 0.1) is 20.1 Å². The number of non-ortho nitro benzene ring substituents is 1. The zero-order chi connectivity index (χ0) is 19.6. The van der Waals surface area contributed by atoms with E-state index < -0.39 is 10.8 Å². The van der Waals surface area contributed by atoms with Gasteiger partial charge in [-0.1, -0.05) is 33.6 Å². The van der Waals surface area contributed by atoms with Crippen molar-refractivity contribution in [2.24, 2.45) is 0 Å². The van der Waals surface area contributed by atoms with Gasteiger partial charge in [-0.3, -0.25) is 19.9 Å². The molecule has 7 nitrogen and oxygen atoms in total. The molecule has 1 heterocycles. The molecule has 0 aliphatic heterocycles. The van der Waals surface area contributed by atoms with Gasteiger partial charge in [0.15, 0.2) is 12.4 Å². The van der Waals surface area contributed by atoms with Crippen molar-refractivity contribution >= 4 is 71.6 Å². The van der Waals surface area contributed by atoms with Crippen LogP contribution in [-0.4, -0.2) is 22.4 Å². The van der Waals surface area contributed by atoms with Crippen molar-refractivity contribution in [3.63, 3.8) is 0 Å². The van der Waals surface area contributed by atoms with Crippen LogP contribution in [0.1, 0.15) is 0 Å². The molecule has 0 bridgehead atoms. The minimum Gasteiger partial charge on any atom is -0.480 e. The number of carbonyl (C=O) groups is 1. The van der Waals surface area contributed by atoms with Crippen LogP contribution in [0, 0.1) is 10.1 Å². The van der Waals surface area contributed by atoms with Crippen LogP contribution in [0.25, 0.3) is 10.9 Å². The summed E-state index contributed by atoms with van der Waals surface area (Å²) >= 11 is 12.8. The Balaban J connectivity index is 1.75. The quantitative estimate of drug-likeness (QED) is 0.366. The number of hydrogen-bond acceptors (Lipinski definition) is 5. The summed E-state index contributed by atoms with van der Waals surface area (Å²) in [6.07, 6.45) is 1.63. The van der Waals surface area contributed by atoms with Crippen molar-refractivity contribution in [1.29, 1.82) is 0 Å². The lowest BCUT2D eigenvalue weighted by molar-refractivity contribution is -0.384. The maximum Gasteiger partial charge on any atom is 0.271 e. The Labute approximate surface area is 175 Å². The SMILES string of the molecule is O=C(COc1c(Br)cc(Br)c2cccnc12)Nc1ccc([N+](=O)[O-])cc1Cl. The molecular formula is C17H10Br2ClN3O4. The van der Waals surface area contributed by atoms with Crippen molar-refractivity contribution in [2.45, 2.75) is 0 Å². The predicted octanol–water partition coefficient (Wildman–Crippen LogP) is 5.34. The van der Waals surface area contributed by atoms with Crippen LogP contribution in [0.2, 0.25) is 5.02 Å². The molecule has 1 amide bonds. The predicted molar refractivity (Wildman–Crippen MR) is 109 cm³/mol. The number of nitro benzene ring substituents is 1. The lowest BCUT2D eigenvalue weighted by Gasteiger charge is -2.12. The first-order valence-corrected chi connectivity index (χ1v) is 9.42. The molecule has 0 atom stereocenters. The van der Waals surface area contributed by atoms with Gasteiger partial charge in [0.1, 0.15) is 5.52 Å². The highest BCUT2D eigenvalue weighted by Gasteiger charge is 2.15. The molecule has 1 N–H and O–H groups in total. The number of nitrogens with one attached hydrogen (secondary N) is 1. The molecule has 10 heteroatoms. The van der Waals surface area contributed by atoms with Crippen LogP contribution in [0.15, 0.2) is 51.5 Å². The number of halogens is 3. The summed E-state index contributed by atoms with van der Waals surface area (Å²) in [5, 5.41) is 14.2. The first-order valence-electron chi connectivity index (χ1n) is 7.46. The highest BCUT2D eigenvalue weighted by atomic mass is 79.9.